The first-order valence-corrected chi connectivity index (χ1v) is 8.21. The zero-order chi connectivity index (χ0) is 19.3. The van der Waals surface area contributed by atoms with E-state index in [-0.39, 0.29) is 40.0 Å². The second-order valence-electron chi connectivity index (χ2n) is 5.19. The monoisotopic (exact) mass is 397 g/mol. The number of anilines is 1. The highest BCUT2D eigenvalue weighted by Gasteiger charge is 2.22. The molecule has 0 atom stereocenters. The molecule has 0 aromatic heterocycles. The van der Waals surface area contributed by atoms with Crippen molar-refractivity contribution in [1.82, 2.24) is 0 Å². The van der Waals surface area contributed by atoms with E-state index >= 15 is 0 Å². The van der Waals surface area contributed by atoms with Crippen LogP contribution in [0.5, 0.6) is 11.5 Å². The van der Waals surface area contributed by atoms with E-state index < -0.39 is 5.91 Å². The number of hydrogen-bond acceptors (Lipinski definition) is 5. The highest BCUT2D eigenvalue weighted by molar-refractivity contribution is 6.37. The lowest BCUT2D eigenvalue weighted by molar-refractivity contribution is 0.0846. The Bertz CT molecular complexity index is 839. The topological polar surface area (TPSA) is 73.9 Å². The molecule has 138 valence electrons. The summed E-state index contributed by atoms with van der Waals surface area (Å²) >= 11 is 11.9. The Hall–Kier alpha value is -2.28. The van der Waals surface area contributed by atoms with Gasteiger partial charge in [0.25, 0.3) is 5.91 Å². The molecule has 0 heterocycles. The molecule has 2 rings (SSSR count). The highest BCUT2D eigenvalue weighted by atomic mass is 35.5. The Morgan fingerprint density at radius 3 is 2.35 bits per heavy atom. The summed E-state index contributed by atoms with van der Waals surface area (Å²) in [4.78, 5) is 25.0. The number of halogens is 2. The number of amides is 1. The van der Waals surface area contributed by atoms with Crippen molar-refractivity contribution < 1.29 is 23.8 Å². The Kier molecular flexibility index (Phi) is 6.85. The van der Waals surface area contributed by atoms with E-state index in [0.717, 1.165) is 0 Å². The molecular weight excluding hydrogens is 381 g/mol. The fourth-order valence-corrected chi connectivity index (χ4v) is 2.82. The van der Waals surface area contributed by atoms with Crippen molar-refractivity contribution in [2.75, 3.05) is 33.3 Å². The van der Waals surface area contributed by atoms with Gasteiger partial charge in [0.05, 0.1) is 36.1 Å². The third-order valence-electron chi connectivity index (χ3n) is 3.51. The molecule has 0 aliphatic heterocycles. The number of carbonyl (C=O) groups excluding carboxylic acids is 2. The van der Waals surface area contributed by atoms with E-state index in [4.69, 9.17) is 37.4 Å². The second kappa shape index (κ2) is 8.89. The summed E-state index contributed by atoms with van der Waals surface area (Å²) in [5, 5.41) is 3.27. The average molecular weight is 398 g/mol. The Morgan fingerprint density at radius 2 is 1.77 bits per heavy atom. The number of rotatable bonds is 7. The normalized spacial score (nSPS) is 10.3. The van der Waals surface area contributed by atoms with Crippen molar-refractivity contribution >= 4 is 40.6 Å². The van der Waals surface area contributed by atoms with Gasteiger partial charge in [0.2, 0.25) is 0 Å². The largest absolute Gasteiger partial charge is 0.497 e. The lowest BCUT2D eigenvalue weighted by Gasteiger charge is -2.16. The van der Waals surface area contributed by atoms with Crippen LogP contribution in [-0.4, -0.2) is 39.6 Å². The predicted octanol–water partition coefficient (Wildman–Crippen LogP) is 4.09. The van der Waals surface area contributed by atoms with Gasteiger partial charge in [-0.25, -0.2) is 0 Å². The van der Waals surface area contributed by atoms with Gasteiger partial charge in [0, 0.05) is 24.3 Å². The molecule has 0 aliphatic rings. The zero-order valence-electron chi connectivity index (χ0n) is 14.4. The fraction of sp³-hybridized carbons (Fsp3) is 0.222. The summed E-state index contributed by atoms with van der Waals surface area (Å²) in [7, 11) is 4.28. The minimum absolute atomic E-state index is 0.173. The number of Topliss-reactive ketones (excluding diaryl/α,β-unsaturated/α-hetero) is 1. The summed E-state index contributed by atoms with van der Waals surface area (Å²) in [6, 6.07) is 7.57. The molecule has 1 amide bonds. The molecule has 2 aromatic carbocycles. The minimum Gasteiger partial charge on any atom is -0.497 e. The van der Waals surface area contributed by atoms with E-state index in [0.29, 0.717) is 10.8 Å². The van der Waals surface area contributed by atoms with Crippen molar-refractivity contribution in [3.05, 3.63) is 51.5 Å². The molecule has 8 heteroatoms. The maximum atomic E-state index is 12.6. The summed E-state index contributed by atoms with van der Waals surface area (Å²) < 4.78 is 15.4. The van der Waals surface area contributed by atoms with Gasteiger partial charge in [-0.3, -0.25) is 9.59 Å². The number of benzene rings is 2. The van der Waals surface area contributed by atoms with Crippen LogP contribution in [0.4, 0.5) is 5.69 Å². The molecule has 6 nitrogen and oxygen atoms in total. The Labute approximate surface area is 160 Å². The predicted molar refractivity (Wildman–Crippen MR) is 100 cm³/mol. The van der Waals surface area contributed by atoms with E-state index in [2.05, 4.69) is 5.32 Å². The molecule has 0 aliphatic carbocycles. The standard InChI is InChI=1S/C18H17Cl2NO5/c1-24-9-15(22)17-14(7-11(25-2)8-16(17)26-3)21-18(23)12-5-4-10(19)6-13(12)20/h4-8H,9H2,1-3H3,(H,21,23). The number of hydrogen-bond donors (Lipinski definition) is 1. The molecule has 0 bridgehead atoms. The number of ketones is 1. The molecule has 0 spiro atoms. The Morgan fingerprint density at radius 1 is 1.04 bits per heavy atom. The van der Waals surface area contributed by atoms with Crippen LogP contribution in [0.3, 0.4) is 0 Å². The third kappa shape index (κ3) is 4.46. The van der Waals surface area contributed by atoms with Crippen molar-refractivity contribution in [3.8, 4) is 11.5 Å². The van der Waals surface area contributed by atoms with Crippen LogP contribution in [0.25, 0.3) is 0 Å². The highest BCUT2D eigenvalue weighted by Crippen LogP contribution is 2.33. The van der Waals surface area contributed by atoms with E-state index in [1.54, 1.807) is 12.1 Å². The van der Waals surface area contributed by atoms with Crippen LogP contribution in [0.1, 0.15) is 20.7 Å². The van der Waals surface area contributed by atoms with Crippen molar-refractivity contribution in [1.29, 1.82) is 0 Å². The molecule has 0 fully saturated rings. The smallest absolute Gasteiger partial charge is 0.257 e. The van der Waals surface area contributed by atoms with Crippen LogP contribution in [-0.2, 0) is 4.74 Å². The average Bonchev–Trinajstić information content (AvgIpc) is 2.60. The van der Waals surface area contributed by atoms with Crippen molar-refractivity contribution in [3.63, 3.8) is 0 Å². The first kappa shape index (κ1) is 20.0. The lowest BCUT2D eigenvalue weighted by atomic mass is 10.1. The number of carbonyl (C=O) groups is 2. The number of ether oxygens (including phenoxy) is 3. The lowest BCUT2D eigenvalue weighted by Crippen LogP contribution is -2.18. The zero-order valence-corrected chi connectivity index (χ0v) is 15.9. The van der Waals surface area contributed by atoms with E-state index in [1.165, 1.54) is 39.5 Å². The molecular formula is C18H17Cl2NO5. The van der Waals surface area contributed by atoms with Crippen LogP contribution in [0.15, 0.2) is 30.3 Å². The molecule has 2 aromatic rings. The minimum atomic E-state index is -0.506. The molecule has 0 saturated carbocycles. The maximum absolute atomic E-state index is 12.6. The molecule has 0 unspecified atom stereocenters. The summed E-state index contributed by atoms with van der Waals surface area (Å²) in [6.45, 7) is -0.173. The fourth-order valence-electron chi connectivity index (χ4n) is 2.32. The van der Waals surface area contributed by atoms with Crippen molar-refractivity contribution in [2.45, 2.75) is 0 Å². The van der Waals surface area contributed by atoms with Gasteiger partial charge in [-0.1, -0.05) is 23.2 Å². The second-order valence-corrected chi connectivity index (χ2v) is 6.03. The van der Waals surface area contributed by atoms with Gasteiger partial charge >= 0.3 is 0 Å². The van der Waals surface area contributed by atoms with Gasteiger partial charge in [-0.05, 0) is 18.2 Å². The summed E-state index contributed by atoms with van der Waals surface area (Å²) in [5.74, 6) is -0.199. The first-order valence-electron chi connectivity index (χ1n) is 7.45. The van der Waals surface area contributed by atoms with Crippen LogP contribution < -0.4 is 14.8 Å². The molecule has 1 N–H and O–H groups in total. The van der Waals surface area contributed by atoms with Gasteiger partial charge in [-0.2, -0.15) is 0 Å². The molecule has 26 heavy (non-hydrogen) atoms. The van der Waals surface area contributed by atoms with Gasteiger partial charge in [0.15, 0.2) is 5.78 Å². The van der Waals surface area contributed by atoms with Crippen LogP contribution in [0.2, 0.25) is 10.0 Å². The number of nitrogens with one attached hydrogen (secondary N) is 1. The SMILES string of the molecule is COCC(=O)c1c(NC(=O)c2ccc(Cl)cc2Cl)cc(OC)cc1OC. The van der Waals surface area contributed by atoms with Gasteiger partial charge in [0.1, 0.15) is 18.1 Å². The summed E-state index contributed by atoms with van der Waals surface area (Å²) in [5.41, 5.74) is 0.607. The maximum Gasteiger partial charge on any atom is 0.257 e. The van der Waals surface area contributed by atoms with E-state index in [9.17, 15) is 9.59 Å². The Balaban J connectivity index is 2.49. The van der Waals surface area contributed by atoms with Crippen molar-refractivity contribution in [2.24, 2.45) is 0 Å². The summed E-state index contributed by atoms with van der Waals surface area (Å²) in [6.07, 6.45) is 0. The number of methoxy groups -OCH3 is 3. The van der Waals surface area contributed by atoms with Crippen LogP contribution >= 0.6 is 23.2 Å². The quantitative estimate of drug-likeness (QED) is 0.712. The molecule has 0 saturated heterocycles. The first-order chi connectivity index (χ1) is 12.4. The van der Waals surface area contributed by atoms with Crippen LogP contribution in [0, 0.1) is 0 Å². The third-order valence-corrected chi connectivity index (χ3v) is 4.06. The van der Waals surface area contributed by atoms with Gasteiger partial charge < -0.3 is 19.5 Å². The van der Waals surface area contributed by atoms with E-state index in [1.807, 2.05) is 0 Å². The molecule has 0 radical (unpaired) electrons. The van der Waals surface area contributed by atoms with Gasteiger partial charge in [-0.15, -0.1) is 0 Å².